The Balaban J connectivity index is 1.79. The summed E-state index contributed by atoms with van der Waals surface area (Å²) in [6, 6.07) is 4.26. The average Bonchev–Trinajstić information content (AvgIpc) is 3.02. The molecule has 0 saturated carbocycles. The predicted molar refractivity (Wildman–Crippen MR) is 121 cm³/mol. The van der Waals surface area contributed by atoms with Crippen molar-refractivity contribution in [1.29, 1.82) is 5.26 Å². The first kappa shape index (κ1) is 22.1. The number of ether oxygens (including phenoxy) is 2. The van der Waals surface area contributed by atoms with Gasteiger partial charge in [-0.2, -0.15) is 5.26 Å². The Bertz CT molecular complexity index is 1040. The van der Waals surface area contributed by atoms with E-state index in [1.807, 2.05) is 27.1 Å². The number of hydrogen-bond donors (Lipinski definition) is 0. The van der Waals surface area contributed by atoms with Crippen molar-refractivity contribution >= 4 is 32.8 Å². The van der Waals surface area contributed by atoms with Gasteiger partial charge in [-0.1, -0.05) is 0 Å². The zero-order valence-corrected chi connectivity index (χ0v) is 19.9. The lowest BCUT2D eigenvalue weighted by Gasteiger charge is -2.33. The van der Waals surface area contributed by atoms with Crippen LogP contribution in [-0.4, -0.2) is 78.3 Å². The normalized spacial score (nSPS) is 17.9. The molecule has 0 N–H and O–H groups in total. The van der Waals surface area contributed by atoms with E-state index < -0.39 is 0 Å². The highest BCUT2D eigenvalue weighted by atomic mass is 79.9. The van der Waals surface area contributed by atoms with Crippen molar-refractivity contribution in [2.75, 3.05) is 53.1 Å². The number of piperazine rings is 1. The SMILES string of the molecule is CCOC(=O)c1c(CN2CCN(CC#N)CC2)n(C)c2cc(Br)c3c(c12)CN(C)CO3. The number of hydrogen-bond acceptors (Lipinski definition) is 7. The number of carbonyl (C=O) groups is 1. The molecule has 0 spiro atoms. The standard InChI is InChI=1S/C22H28BrN5O3/c1-4-30-22(29)20-18(13-28-9-7-27(6-5-24)8-10-28)26(3)17-11-16(23)21-15(19(17)20)12-25(2)14-31-21/h11H,4,6-10,12-14H2,1-3H3. The molecule has 0 amide bonds. The van der Waals surface area contributed by atoms with E-state index in [2.05, 4.69) is 41.3 Å². The molecular weight excluding hydrogens is 462 g/mol. The number of nitrogens with zero attached hydrogens (tertiary/aromatic N) is 5. The number of nitriles is 1. The second-order valence-electron chi connectivity index (χ2n) is 8.16. The molecule has 1 saturated heterocycles. The number of rotatable bonds is 5. The molecule has 1 fully saturated rings. The van der Waals surface area contributed by atoms with Crippen LogP contribution >= 0.6 is 15.9 Å². The first-order valence-electron chi connectivity index (χ1n) is 10.6. The molecule has 4 rings (SSSR count). The largest absolute Gasteiger partial charge is 0.477 e. The fourth-order valence-corrected chi connectivity index (χ4v) is 5.06. The van der Waals surface area contributed by atoms with Crippen molar-refractivity contribution in [3.05, 3.63) is 27.4 Å². The van der Waals surface area contributed by atoms with Gasteiger partial charge >= 0.3 is 5.97 Å². The summed E-state index contributed by atoms with van der Waals surface area (Å²) in [6.45, 7) is 7.92. The third-order valence-electron chi connectivity index (χ3n) is 6.09. The lowest BCUT2D eigenvalue weighted by Crippen LogP contribution is -2.46. The highest BCUT2D eigenvalue weighted by Crippen LogP contribution is 2.42. The summed E-state index contributed by atoms with van der Waals surface area (Å²) in [6.07, 6.45) is 0. The van der Waals surface area contributed by atoms with Gasteiger partial charge in [0, 0.05) is 63.0 Å². The van der Waals surface area contributed by atoms with E-state index in [0.29, 0.717) is 38.5 Å². The van der Waals surface area contributed by atoms with Gasteiger partial charge in [0.1, 0.15) is 12.5 Å². The van der Waals surface area contributed by atoms with Crippen LogP contribution in [0, 0.1) is 11.3 Å². The summed E-state index contributed by atoms with van der Waals surface area (Å²) >= 11 is 3.66. The lowest BCUT2D eigenvalue weighted by molar-refractivity contribution is 0.0524. The molecule has 0 aliphatic carbocycles. The molecule has 2 aliphatic rings. The molecule has 8 nitrogen and oxygen atoms in total. The van der Waals surface area contributed by atoms with E-state index >= 15 is 0 Å². The molecule has 2 aromatic rings. The maximum absolute atomic E-state index is 13.2. The second-order valence-corrected chi connectivity index (χ2v) is 9.01. The fourth-order valence-electron chi connectivity index (χ4n) is 4.49. The van der Waals surface area contributed by atoms with E-state index in [-0.39, 0.29) is 5.97 Å². The molecule has 1 aromatic heterocycles. The maximum atomic E-state index is 13.2. The van der Waals surface area contributed by atoms with E-state index in [9.17, 15) is 4.79 Å². The molecule has 0 radical (unpaired) electrons. The summed E-state index contributed by atoms with van der Waals surface area (Å²) < 4.78 is 14.5. The molecule has 9 heteroatoms. The maximum Gasteiger partial charge on any atom is 0.340 e. The third kappa shape index (κ3) is 4.17. The van der Waals surface area contributed by atoms with Gasteiger partial charge in [0.05, 0.1) is 34.8 Å². The summed E-state index contributed by atoms with van der Waals surface area (Å²) in [7, 11) is 4.02. The molecular formula is C22H28BrN5O3. The van der Waals surface area contributed by atoms with Crippen LogP contribution in [0.5, 0.6) is 5.75 Å². The Morgan fingerprint density at radius 3 is 2.65 bits per heavy atom. The smallest absolute Gasteiger partial charge is 0.340 e. The Labute approximate surface area is 191 Å². The Morgan fingerprint density at radius 2 is 1.97 bits per heavy atom. The van der Waals surface area contributed by atoms with Gasteiger partial charge in [0.2, 0.25) is 0 Å². The Kier molecular flexibility index (Phi) is 6.53. The highest BCUT2D eigenvalue weighted by molar-refractivity contribution is 9.10. The van der Waals surface area contributed by atoms with Crippen molar-refractivity contribution in [2.24, 2.45) is 7.05 Å². The molecule has 2 aliphatic heterocycles. The fraction of sp³-hybridized carbons (Fsp3) is 0.545. The zero-order valence-electron chi connectivity index (χ0n) is 18.3. The van der Waals surface area contributed by atoms with Gasteiger partial charge in [-0.05, 0) is 36.0 Å². The van der Waals surface area contributed by atoms with Gasteiger partial charge in [0.15, 0.2) is 0 Å². The average molecular weight is 490 g/mol. The van der Waals surface area contributed by atoms with Gasteiger partial charge < -0.3 is 14.0 Å². The van der Waals surface area contributed by atoms with Crippen LogP contribution in [0.4, 0.5) is 0 Å². The van der Waals surface area contributed by atoms with E-state index in [1.54, 1.807) is 0 Å². The van der Waals surface area contributed by atoms with Crippen LogP contribution in [0.25, 0.3) is 10.9 Å². The zero-order chi connectivity index (χ0) is 22.1. The van der Waals surface area contributed by atoms with Crippen LogP contribution in [0.1, 0.15) is 28.5 Å². The topological polar surface area (TPSA) is 74.0 Å². The quantitative estimate of drug-likeness (QED) is 0.471. The number of carbonyl (C=O) groups excluding carboxylic acids is 1. The van der Waals surface area contributed by atoms with Crippen molar-refractivity contribution in [3.63, 3.8) is 0 Å². The minimum atomic E-state index is -0.288. The summed E-state index contributed by atoms with van der Waals surface area (Å²) in [5.41, 5.74) is 3.60. The molecule has 0 bridgehead atoms. The van der Waals surface area contributed by atoms with Crippen molar-refractivity contribution in [3.8, 4) is 11.8 Å². The molecule has 3 heterocycles. The van der Waals surface area contributed by atoms with Crippen molar-refractivity contribution < 1.29 is 14.3 Å². The van der Waals surface area contributed by atoms with Crippen molar-refractivity contribution in [1.82, 2.24) is 19.3 Å². The van der Waals surface area contributed by atoms with Crippen LogP contribution in [0.2, 0.25) is 0 Å². The summed E-state index contributed by atoms with van der Waals surface area (Å²) in [5, 5.41) is 9.87. The molecule has 166 valence electrons. The monoisotopic (exact) mass is 489 g/mol. The Hall–Kier alpha value is -2.12. The number of benzene rings is 1. The number of aromatic nitrogens is 1. The van der Waals surface area contributed by atoms with Gasteiger partial charge in [-0.25, -0.2) is 4.79 Å². The number of aryl methyl sites for hydroxylation is 1. The minimum absolute atomic E-state index is 0.288. The van der Waals surface area contributed by atoms with Crippen molar-refractivity contribution in [2.45, 2.75) is 20.0 Å². The molecule has 0 atom stereocenters. The molecule has 1 aromatic carbocycles. The predicted octanol–water partition coefficient (Wildman–Crippen LogP) is 2.54. The van der Waals surface area contributed by atoms with Crippen LogP contribution in [-0.2, 0) is 24.9 Å². The van der Waals surface area contributed by atoms with Gasteiger partial charge in [-0.15, -0.1) is 0 Å². The number of halogens is 1. The van der Waals surface area contributed by atoms with Crippen LogP contribution in [0.15, 0.2) is 10.5 Å². The first-order chi connectivity index (χ1) is 14.9. The van der Waals surface area contributed by atoms with Gasteiger partial charge in [-0.3, -0.25) is 14.7 Å². The third-order valence-corrected chi connectivity index (χ3v) is 6.68. The summed E-state index contributed by atoms with van der Waals surface area (Å²) in [4.78, 5) is 19.7. The molecule has 0 unspecified atom stereocenters. The minimum Gasteiger partial charge on any atom is -0.477 e. The van der Waals surface area contributed by atoms with Crippen LogP contribution in [0.3, 0.4) is 0 Å². The van der Waals surface area contributed by atoms with E-state index in [0.717, 1.165) is 58.6 Å². The lowest BCUT2D eigenvalue weighted by atomic mass is 10.0. The first-order valence-corrected chi connectivity index (χ1v) is 11.4. The van der Waals surface area contributed by atoms with E-state index in [4.69, 9.17) is 14.7 Å². The summed E-state index contributed by atoms with van der Waals surface area (Å²) in [5.74, 6) is 0.516. The van der Waals surface area contributed by atoms with Crippen LogP contribution < -0.4 is 4.74 Å². The van der Waals surface area contributed by atoms with E-state index in [1.165, 1.54) is 0 Å². The second kappa shape index (κ2) is 9.17. The highest BCUT2D eigenvalue weighted by Gasteiger charge is 2.31. The van der Waals surface area contributed by atoms with Gasteiger partial charge in [0.25, 0.3) is 0 Å². The molecule has 31 heavy (non-hydrogen) atoms. The Morgan fingerprint density at radius 1 is 1.26 bits per heavy atom. The number of fused-ring (bicyclic) bond motifs is 3. The number of esters is 1.